The molecule has 0 atom stereocenters. The lowest BCUT2D eigenvalue weighted by Crippen LogP contribution is -1.93. The van der Waals surface area contributed by atoms with Crippen LogP contribution in [0.3, 0.4) is 0 Å². The largest absolute Gasteiger partial charge is 0.334 e. The summed E-state index contributed by atoms with van der Waals surface area (Å²) in [6, 6.07) is 16.3. The zero-order valence-electron chi connectivity index (χ0n) is 12.0. The summed E-state index contributed by atoms with van der Waals surface area (Å²) in [4.78, 5) is 0. The van der Waals surface area contributed by atoms with Gasteiger partial charge in [0.05, 0.1) is 6.16 Å². The van der Waals surface area contributed by atoms with E-state index < -0.39 is 7.60 Å². The Hall–Kier alpha value is -1.41. The molecule has 0 saturated carbocycles. The SMILES string of the molecule is COP(=O)(Cc1ccc(-c2cccc(C)c2)cc1)OC. The first-order chi connectivity index (χ1) is 9.56. The average Bonchev–Trinajstić information content (AvgIpc) is 2.48. The molecule has 0 aliphatic carbocycles. The van der Waals surface area contributed by atoms with Crippen LogP contribution in [0.1, 0.15) is 11.1 Å². The van der Waals surface area contributed by atoms with Crippen molar-refractivity contribution in [3.8, 4) is 11.1 Å². The Morgan fingerprint density at radius 3 is 2.15 bits per heavy atom. The van der Waals surface area contributed by atoms with Crippen molar-refractivity contribution in [2.24, 2.45) is 0 Å². The van der Waals surface area contributed by atoms with E-state index in [4.69, 9.17) is 9.05 Å². The highest BCUT2D eigenvalue weighted by Gasteiger charge is 2.21. The predicted molar refractivity (Wildman–Crippen MR) is 81.9 cm³/mol. The molecule has 2 aromatic rings. The minimum absolute atomic E-state index is 0.286. The maximum atomic E-state index is 12.1. The number of benzene rings is 2. The van der Waals surface area contributed by atoms with Gasteiger partial charge in [0, 0.05) is 14.2 Å². The summed E-state index contributed by atoms with van der Waals surface area (Å²) in [5, 5.41) is 0. The monoisotopic (exact) mass is 290 g/mol. The predicted octanol–water partition coefficient (Wildman–Crippen LogP) is 4.65. The van der Waals surface area contributed by atoms with Crippen LogP contribution in [0.25, 0.3) is 11.1 Å². The Balaban J connectivity index is 2.20. The van der Waals surface area contributed by atoms with E-state index in [1.807, 2.05) is 30.3 Å². The van der Waals surface area contributed by atoms with Gasteiger partial charge >= 0.3 is 7.60 Å². The molecule has 0 saturated heterocycles. The van der Waals surface area contributed by atoms with Gasteiger partial charge in [-0.2, -0.15) is 0 Å². The molecule has 0 amide bonds. The van der Waals surface area contributed by atoms with E-state index >= 15 is 0 Å². The summed E-state index contributed by atoms with van der Waals surface area (Å²) >= 11 is 0. The van der Waals surface area contributed by atoms with E-state index in [0.717, 1.165) is 11.1 Å². The van der Waals surface area contributed by atoms with E-state index in [1.165, 1.54) is 25.3 Å². The maximum Gasteiger partial charge on any atom is 0.334 e. The summed E-state index contributed by atoms with van der Waals surface area (Å²) in [5.74, 6) is 0. The molecular formula is C16H19O3P. The molecule has 4 heteroatoms. The van der Waals surface area contributed by atoms with Crippen LogP contribution in [0.4, 0.5) is 0 Å². The third-order valence-electron chi connectivity index (χ3n) is 3.24. The fourth-order valence-corrected chi connectivity index (χ4v) is 3.12. The second-order valence-corrected chi connectivity index (χ2v) is 6.97. The van der Waals surface area contributed by atoms with Gasteiger partial charge in [-0.15, -0.1) is 0 Å². The molecule has 0 aromatic heterocycles. The summed E-state index contributed by atoms with van der Waals surface area (Å²) in [6.45, 7) is 2.07. The lowest BCUT2D eigenvalue weighted by Gasteiger charge is -2.13. The Labute approximate surface area is 120 Å². The standard InChI is InChI=1S/C16H19O3P/c1-13-5-4-6-16(11-13)15-9-7-14(8-10-15)12-20(17,18-2)19-3/h4-11H,12H2,1-3H3. The van der Waals surface area contributed by atoms with Crippen molar-refractivity contribution >= 4 is 7.60 Å². The molecule has 20 heavy (non-hydrogen) atoms. The second-order valence-electron chi connectivity index (χ2n) is 4.70. The molecule has 0 bridgehead atoms. The maximum absolute atomic E-state index is 12.1. The fraction of sp³-hybridized carbons (Fsp3) is 0.250. The van der Waals surface area contributed by atoms with E-state index in [0.29, 0.717) is 0 Å². The quantitative estimate of drug-likeness (QED) is 0.752. The molecular weight excluding hydrogens is 271 g/mol. The summed E-state index contributed by atoms with van der Waals surface area (Å²) < 4.78 is 22.0. The van der Waals surface area contributed by atoms with Crippen molar-refractivity contribution < 1.29 is 13.6 Å². The topological polar surface area (TPSA) is 35.5 Å². The van der Waals surface area contributed by atoms with Crippen molar-refractivity contribution in [2.45, 2.75) is 13.1 Å². The smallest absolute Gasteiger partial charge is 0.312 e. The van der Waals surface area contributed by atoms with Crippen molar-refractivity contribution in [1.29, 1.82) is 0 Å². The summed E-state index contributed by atoms with van der Waals surface area (Å²) in [7, 11) is -0.182. The van der Waals surface area contributed by atoms with E-state index in [2.05, 4.69) is 25.1 Å². The van der Waals surface area contributed by atoms with Crippen LogP contribution in [0.15, 0.2) is 48.5 Å². The normalized spacial score (nSPS) is 11.6. The Bertz CT molecular complexity index is 612. The Morgan fingerprint density at radius 2 is 1.60 bits per heavy atom. The first kappa shape index (κ1) is 15.0. The fourth-order valence-electron chi connectivity index (χ4n) is 2.05. The number of hydrogen-bond acceptors (Lipinski definition) is 3. The van der Waals surface area contributed by atoms with Crippen molar-refractivity contribution in [3.63, 3.8) is 0 Å². The van der Waals surface area contributed by atoms with E-state index in [-0.39, 0.29) is 6.16 Å². The van der Waals surface area contributed by atoms with Crippen LogP contribution >= 0.6 is 7.60 Å². The number of rotatable bonds is 5. The van der Waals surface area contributed by atoms with Gasteiger partial charge in [0.1, 0.15) is 0 Å². The highest BCUT2D eigenvalue weighted by molar-refractivity contribution is 7.52. The molecule has 0 fully saturated rings. The molecule has 2 aromatic carbocycles. The van der Waals surface area contributed by atoms with Crippen molar-refractivity contribution in [1.82, 2.24) is 0 Å². The molecule has 0 heterocycles. The number of aryl methyl sites for hydroxylation is 1. The van der Waals surface area contributed by atoms with Crippen molar-refractivity contribution in [2.75, 3.05) is 14.2 Å². The van der Waals surface area contributed by atoms with Gasteiger partial charge < -0.3 is 9.05 Å². The van der Waals surface area contributed by atoms with Gasteiger partial charge in [-0.1, -0.05) is 54.1 Å². The zero-order valence-corrected chi connectivity index (χ0v) is 12.9. The highest BCUT2D eigenvalue weighted by Crippen LogP contribution is 2.49. The molecule has 2 rings (SSSR count). The van der Waals surface area contributed by atoms with Crippen LogP contribution in [0.2, 0.25) is 0 Å². The molecule has 106 valence electrons. The van der Waals surface area contributed by atoms with Crippen LogP contribution in [0.5, 0.6) is 0 Å². The van der Waals surface area contributed by atoms with Crippen LogP contribution in [-0.2, 0) is 19.8 Å². The molecule has 0 radical (unpaired) electrons. The first-order valence-electron chi connectivity index (χ1n) is 6.43. The molecule has 0 spiro atoms. The minimum atomic E-state index is -3.00. The lowest BCUT2D eigenvalue weighted by atomic mass is 10.0. The summed E-state index contributed by atoms with van der Waals surface area (Å²) in [6.07, 6.45) is 0.286. The van der Waals surface area contributed by atoms with Gasteiger partial charge in [-0.25, -0.2) is 0 Å². The Kier molecular flexibility index (Phi) is 4.77. The van der Waals surface area contributed by atoms with Crippen LogP contribution < -0.4 is 0 Å². The third kappa shape index (κ3) is 3.57. The van der Waals surface area contributed by atoms with Crippen LogP contribution in [-0.4, -0.2) is 14.2 Å². The summed E-state index contributed by atoms with van der Waals surface area (Å²) in [5.41, 5.74) is 4.49. The Morgan fingerprint density at radius 1 is 0.950 bits per heavy atom. The van der Waals surface area contributed by atoms with Crippen LogP contribution in [0, 0.1) is 6.92 Å². The van der Waals surface area contributed by atoms with Crippen molar-refractivity contribution in [3.05, 3.63) is 59.7 Å². The minimum Gasteiger partial charge on any atom is -0.312 e. The number of hydrogen-bond donors (Lipinski definition) is 0. The van der Waals surface area contributed by atoms with Gasteiger partial charge in [0.25, 0.3) is 0 Å². The molecule has 0 unspecified atom stereocenters. The first-order valence-corrected chi connectivity index (χ1v) is 8.15. The molecule has 0 aliphatic rings. The second kappa shape index (κ2) is 6.36. The highest BCUT2D eigenvalue weighted by atomic mass is 31.2. The van der Waals surface area contributed by atoms with Gasteiger partial charge in [0.2, 0.25) is 0 Å². The van der Waals surface area contributed by atoms with Gasteiger partial charge in [-0.3, -0.25) is 4.57 Å². The van der Waals surface area contributed by atoms with E-state index in [1.54, 1.807) is 0 Å². The molecule has 0 N–H and O–H groups in total. The molecule has 0 aliphatic heterocycles. The van der Waals surface area contributed by atoms with E-state index in [9.17, 15) is 4.57 Å². The lowest BCUT2D eigenvalue weighted by molar-refractivity contribution is 0.275. The van der Waals surface area contributed by atoms with Gasteiger partial charge in [-0.05, 0) is 23.6 Å². The zero-order chi connectivity index (χ0) is 14.6. The van der Waals surface area contributed by atoms with Gasteiger partial charge in [0.15, 0.2) is 0 Å². The average molecular weight is 290 g/mol. The third-order valence-corrected chi connectivity index (χ3v) is 5.10. The molecule has 3 nitrogen and oxygen atoms in total.